The number of hydrogen-bond donors (Lipinski definition) is 1. The molecule has 0 saturated carbocycles. The predicted octanol–water partition coefficient (Wildman–Crippen LogP) is 1.24. The average Bonchev–Trinajstić information content (AvgIpc) is 2.54. The summed E-state index contributed by atoms with van der Waals surface area (Å²) in [6.07, 6.45) is 0. The van der Waals surface area contributed by atoms with Crippen LogP contribution >= 0.6 is 0 Å². The van der Waals surface area contributed by atoms with Gasteiger partial charge in [-0.1, -0.05) is 0 Å². The van der Waals surface area contributed by atoms with Crippen LogP contribution in [0, 0.1) is 0 Å². The standard InChI is InChI=1S/C15H24N2O5S/c1-6-17(7-2)15(18)11(3)16-23(19,20)12-8-9-13(21-4)14(10-12)22-5/h8-11,16H,6-7H2,1-5H3/t11-/m0/s1. The molecule has 1 N–H and O–H groups in total. The summed E-state index contributed by atoms with van der Waals surface area (Å²) in [6, 6.07) is 3.41. The molecule has 1 amide bonds. The van der Waals surface area contributed by atoms with Crippen molar-refractivity contribution in [3.8, 4) is 11.5 Å². The van der Waals surface area contributed by atoms with Gasteiger partial charge in [-0.25, -0.2) is 8.42 Å². The summed E-state index contributed by atoms with van der Waals surface area (Å²) >= 11 is 0. The van der Waals surface area contributed by atoms with Crippen LogP contribution in [0.25, 0.3) is 0 Å². The minimum Gasteiger partial charge on any atom is -0.493 e. The summed E-state index contributed by atoms with van der Waals surface area (Å²) in [5.41, 5.74) is 0. The molecule has 0 saturated heterocycles. The van der Waals surface area contributed by atoms with Gasteiger partial charge in [0, 0.05) is 19.2 Å². The highest BCUT2D eigenvalue weighted by atomic mass is 32.2. The molecule has 1 rings (SSSR count). The fourth-order valence-electron chi connectivity index (χ4n) is 2.14. The highest BCUT2D eigenvalue weighted by molar-refractivity contribution is 7.89. The number of sulfonamides is 1. The molecule has 0 spiro atoms. The zero-order valence-electron chi connectivity index (χ0n) is 14.1. The van der Waals surface area contributed by atoms with Gasteiger partial charge in [-0.3, -0.25) is 4.79 Å². The second-order valence-corrected chi connectivity index (χ2v) is 6.58. The number of carbonyl (C=O) groups is 1. The maximum atomic E-state index is 12.4. The molecule has 0 aliphatic rings. The number of nitrogens with zero attached hydrogens (tertiary/aromatic N) is 1. The van der Waals surface area contributed by atoms with Crippen molar-refractivity contribution in [2.24, 2.45) is 0 Å². The van der Waals surface area contributed by atoms with Gasteiger partial charge >= 0.3 is 0 Å². The van der Waals surface area contributed by atoms with Gasteiger partial charge in [0.05, 0.1) is 25.2 Å². The molecule has 7 nitrogen and oxygen atoms in total. The van der Waals surface area contributed by atoms with Crippen LogP contribution in [0.2, 0.25) is 0 Å². The molecule has 0 heterocycles. The third-order valence-electron chi connectivity index (χ3n) is 3.44. The van der Waals surface area contributed by atoms with E-state index in [0.29, 0.717) is 24.6 Å². The Bertz CT molecular complexity index is 641. The lowest BCUT2D eigenvalue weighted by Gasteiger charge is -2.23. The van der Waals surface area contributed by atoms with E-state index in [0.717, 1.165) is 0 Å². The van der Waals surface area contributed by atoms with E-state index in [1.807, 2.05) is 13.8 Å². The molecule has 1 aromatic rings. The van der Waals surface area contributed by atoms with E-state index >= 15 is 0 Å². The lowest BCUT2D eigenvalue weighted by molar-refractivity contribution is -0.132. The Balaban J connectivity index is 3.01. The topological polar surface area (TPSA) is 84.9 Å². The van der Waals surface area contributed by atoms with E-state index in [-0.39, 0.29) is 10.8 Å². The molecule has 0 aliphatic carbocycles. The van der Waals surface area contributed by atoms with Gasteiger partial charge in [0.2, 0.25) is 15.9 Å². The van der Waals surface area contributed by atoms with Crippen LogP contribution in [0.4, 0.5) is 0 Å². The van der Waals surface area contributed by atoms with Crippen molar-refractivity contribution in [1.29, 1.82) is 0 Å². The molecular weight excluding hydrogens is 320 g/mol. The molecule has 0 aromatic heterocycles. The third kappa shape index (κ3) is 4.59. The number of hydrogen-bond acceptors (Lipinski definition) is 5. The SMILES string of the molecule is CCN(CC)C(=O)[C@H](C)NS(=O)(=O)c1ccc(OC)c(OC)c1. The number of nitrogens with one attached hydrogen (secondary N) is 1. The molecule has 0 fully saturated rings. The molecule has 1 aromatic carbocycles. The fraction of sp³-hybridized carbons (Fsp3) is 0.533. The summed E-state index contributed by atoms with van der Waals surface area (Å²) in [6.45, 7) is 6.27. The fourth-order valence-corrected chi connectivity index (χ4v) is 3.36. The quantitative estimate of drug-likeness (QED) is 0.767. The van der Waals surface area contributed by atoms with Gasteiger partial charge in [0.1, 0.15) is 0 Å². The summed E-state index contributed by atoms with van der Waals surface area (Å²) in [5, 5.41) is 0. The number of rotatable bonds is 8. The van der Waals surface area contributed by atoms with E-state index in [2.05, 4.69) is 4.72 Å². The first-order chi connectivity index (χ1) is 10.8. The van der Waals surface area contributed by atoms with Gasteiger partial charge in [-0.2, -0.15) is 4.72 Å². The van der Waals surface area contributed by atoms with Gasteiger partial charge < -0.3 is 14.4 Å². The lowest BCUT2D eigenvalue weighted by atomic mass is 10.3. The van der Waals surface area contributed by atoms with Crippen molar-refractivity contribution in [2.75, 3.05) is 27.3 Å². The zero-order valence-corrected chi connectivity index (χ0v) is 14.9. The first-order valence-corrected chi connectivity index (χ1v) is 8.82. The highest BCUT2D eigenvalue weighted by Gasteiger charge is 2.25. The maximum Gasteiger partial charge on any atom is 0.241 e. The number of methoxy groups -OCH3 is 2. The van der Waals surface area contributed by atoms with Gasteiger partial charge in [-0.05, 0) is 32.9 Å². The highest BCUT2D eigenvalue weighted by Crippen LogP contribution is 2.29. The van der Waals surface area contributed by atoms with E-state index in [1.54, 1.807) is 4.90 Å². The molecule has 23 heavy (non-hydrogen) atoms. The molecule has 0 radical (unpaired) electrons. The zero-order chi connectivity index (χ0) is 17.6. The van der Waals surface area contributed by atoms with E-state index in [9.17, 15) is 13.2 Å². The average molecular weight is 344 g/mol. The smallest absolute Gasteiger partial charge is 0.241 e. The molecule has 0 aliphatic heterocycles. The van der Waals surface area contributed by atoms with Gasteiger partial charge in [-0.15, -0.1) is 0 Å². The maximum absolute atomic E-state index is 12.4. The summed E-state index contributed by atoms with van der Waals surface area (Å²) in [4.78, 5) is 13.8. The van der Waals surface area contributed by atoms with Gasteiger partial charge in [0.15, 0.2) is 11.5 Å². The Labute approximate surface area is 137 Å². The van der Waals surface area contributed by atoms with Crippen LogP contribution < -0.4 is 14.2 Å². The van der Waals surface area contributed by atoms with Crippen molar-refractivity contribution in [2.45, 2.75) is 31.7 Å². The van der Waals surface area contributed by atoms with Crippen LogP contribution in [0.5, 0.6) is 11.5 Å². The van der Waals surface area contributed by atoms with Gasteiger partial charge in [0.25, 0.3) is 0 Å². The summed E-state index contributed by atoms with van der Waals surface area (Å²) in [7, 11) is -0.953. The predicted molar refractivity (Wildman–Crippen MR) is 87.3 cm³/mol. The molecular formula is C15H24N2O5S. The Morgan fingerprint density at radius 3 is 2.22 bits per heavy atom. The van der Waals surface area contributed by atoms with Crippen molar-refractivity contribution in [1.82, 2.24) is 9.62 Å². The molecule has 0 bridgehead atoms. The summed E-state index contributed by atoms with van der Waals surface area (Å²) < 4.78 is 37.5. The molecule has 0 unspecified atom stereocenters. The van der Waals surface area contributed by atoms with Crippen molar-refractivity contribution >= 4 is 15.9 Å². The Hall–Kier alpha value is -1.80. The molecule has 8 heteroatoms. The number of ether oxygens (including phenoxy) is 2. The van der Waals surface area contributed by atoms with Crippen molar-refractivity contribution in [3.05, 3.63) is 18.2 Å². The van der Waals surface area contributed by atoms with Crippen LogP contribution in [-0.4, -0.2) is 52.6 Å². The van der Waals surface area contributed by atoms with Crippen LogP contribution in [0.3, 0.4) is 0 Å². The van der Waals surface area contributed by atoms with E-state index in [1.165, 1.54) is 39.3 Å². The first kappa shape index (κ1) is 19.2. The minimum absolute atomic E-state index is 0.00865. The monoisotopic (exact) mass is 344 g/mol. The first-order valence-electron chi connectivity index (χ1n) is 7.33. The molecule has 130 valence electrons. The van der Waals surface area contributed by atoms with Crippen LogP contribution in [0.15, 0.2) is 23.1 Å². The Morgan fingerprint density at radius 2 is 1.74 bits per heavy atom. The lowest BCUT2D eigenvalue weighted by Crippen LogP contribution is -2.46. The van der Waals surface area contributed by atoms with Crippen molar-refractivity contribution < 1.29 is 22.7 Å². The number of likely N-dealkylation sites (N-methyl/N-ethyl adjacent to an activating group) is 1. The molecule has 1 atom stereocenters. The van der Waals surface area contributed by atoms with Crippen LogP contribution in [-0.2, 0) is 14.8 Å². The number of benzene rings is 1. The van der Waals surface area contributed by atoms with E-state index < -0.39 is 16.1 Å². The largest absolute Gasteiger partial charge is 0.493 e. The van der Waals surface area contributed by atoms with Crippen LogP contribution in [0.1, 0.15) is 20.8 Å². The van der Waals surface area contributed by atoms with Crippen molar-refractivity contribution in [3.63, 3.8) is 0 Å². The Morgan fingerprint density at radius 1 is 1.17 bits per heavy atom. The minimum atomic E-state index is -3.85. The Kier molecular flexibility index (Phi) is 6.83. The number of carbonyl (C=O) groups excluding carboxylic acids is 1. The third-order valence-corrected chi connectivity index (χ3v) is 4.98. The normalized spacial score (nSPS) is 12.6. The second-order valence-electron chi connectivity index (χ2n) is 4.87. The van der Waals surface area contributed by atoms with E-state index in [4.69, 9.17) is 9.47 Å². The summed E-state index contributed by atoms with van der Waals surface area (Å²) in [5.74, 6) is 0.468. The number of amides is 1. The second kappa shape index (κ2) is 8.16.